The Kier molecular flexibility index (Phi) is 6.93. The molecule has 0 aliphatic carbocycles. The topological polar surface area (TPSA) is 26.0 Å². The minimum Gasteiger partial charge on any atom is -0.326 e. The van der Waals surface area contributed by atoms with Crippen molar-refractivity contribution in [1.29, 1.82) is 0 Å². The Morgan fingerprint density at radius 2 is 2.00 bits per heavy atom. The Hall–Kier alpha value is -0.0400. The average Bonchev–Trinajstić information content (AvgIpc) is 1.81. The highest BCUT2D eigenvalue weighted by molar-refractivity contribution is 4.53. The maximum absolute atomic E-state index is 5.17. The molecule has 0 heterocycles. The van der Waals surface area contributed by atoms with Gasteiger partial charge in [-0.3, -0.25) is 0 Å². The summed E-state index contributed by atoms with van der Waals surface area (Å²) in [6.07, 6.45) is 5.86. The molecular formula is C7H15N. The molecule has 0 aromatic rings. The molecule has 0 saturated carbocycles. The van der Waals surface area contributed by atoms with Crippen molar-refractivity contribution < 1.29 is 0 Å². The van der Waals surface area contributed by atoms with E-state index in [1.54, 1.807) is 6.54 Å². The van der Waals surface area contributed by atoms with Crippen molar-refractivity contribution in [3.8, 4) is 0 Å². The Balaban J connectivity index is 2.53. The fourth-order valence-electron chi connectivity index (χ4n) is 0.616. The third-order valence-corrected chi connectivity index (χ3v) is 1.12. The number of hydrogen-bond acceptors (Lipinski definition) is 1. The highest BCUT2D eigenvalue weighted by atomic mass is 14.5. The van der Waals surface area contributed by atoms with Gasteiger partial charge in [0.2, 0.25) is 0 Å². The van der Waals surface area contributed by atoms with Crippen LogP contribution >= 0.6 is 0 Å². The van der Waals surface area contributed by atoms with Crippen LogP contribution in [-0.2, 0) is 0 Å². The van der Waals surface area contributed by atoms with E-state index in [1.165, 1.54) is 19.3 Å². The number of unbranched alkanes of at least 4 members (excludes halogenated alkanes) is 4. The van der Waals surface area contributed by atoms with Crippen molar-refractivity contribution in [2.24, 2.45) is 5.73 Å². The van der Waals surface area contributed by atoms with Crippen LogP contribution in [0.4, 0.5) is 0 Å². The van der Waals surface area contributed by atoms with Gasteiger partial charge >= 0.3 is 0 Å². The zero-order chi connectivity index (χ0) is 6.24. The summed E-state index contributed by atoms with van der Waals surface area (Å²) in [6, 6.07) is 0. The van der Waals surface area contributed by atoms with Crippen LogP contribution in [0.25, 0.3) is 0 Å². The second-order valence-corrected chi connectivity index (χ2v) is 1.94. The third-order valence-electron chi connectivity index (χ3n) is 1.12. The number of rotatable bonds is 5. The molecule has 2 N–H and O–H groups in total. The van der Waals surface area contributed by atoms with Gasteiger partial charge in [0.25, 0.3) is 0 Å². The third kappa shape index (κ3) is 5.96. The first-order chi connectivity index (χ1) is 3.91. The molecule has 0 aromatic carbocycles. The van der Waals surface area contributed by atoms with E-state index in [0.717, 1.165) is 12.8 Å². The Morgan fingerprint density at radius 1 is 1.25 bits per heavy atom. The monoisotopic (exact) mass is 113 g/mol. The molecule has 0 bridgehead atoms. The van der Waals surface area contributed by atoms with Gasteiger partial charge in [-0.15, -0.1) is 0 Å². The number of nitrogens with two attached hydrogens (primary N) is 1. The smallest absolute Gasteiger partial charge is 0.0192 e. The van der Waals surface area contributed by atoms with Crippen molar-refractivity contribution >= 4 is 0 Å². The van der Waals surface area contributed by atoms with Gasteiger partial charge in [-0.25, -0.2) is 0 Å². The van der Waals surface area contributed by atoms with E-state index >= 15 is 0 Å². The molecule has 0 unspecified atom stereocenters. The molecule has 0 amide bonds. The van der Waals surface area contributed by atoms with Crippen molar-refractivity contribution in [3.05, 3.63) is 13.5 Å². The second-order valence-electron chi connectivity index (χ2n) is 1.94. The van der Waals surface area contributed by atoms with E-state index in [9.17, 15) is 0 Å². The molecule has 0 aliphatic heterocycles. The Morgan fingerprint density at radius 3 is 2.50 bits per heavy atom. The van der Waals surface area contributed by atoms with E-state index in [2.05, 4.69) is 6.92 Å². The first-order valence-electron chi connectivity index (χ1n) is 3.24. The van der Waals surface area contributed by atoms with Gasteiger partial charge in [-0.2, -0.15) is 0 Å². The summed E-state index contributed by atoms with van der Waals surface area (Å²) in [5, 5.41) is 0. The van der Waals surface area contributed by atoms with Crippen LogP contribution in [0.3, 0.4) is 0 Å². The Bertz CT molecular complexity index is 29.4. The largest absolute Gasteiger partial charge is 0.326 e. The molecule has 0 fully saturated rings. The molecule has 0 aliphatic rings. The molecule has 0 rings (SSSR count). The van der Waals surface area contributed by atoms with Crippen LogP contribution in [0.1, 0.15) is 32.1 Å². The van der Waals surface area contributed by atoms with Gasteiger partial charge in [0.1, 0.15) is 0 Å². The lowest BCUT2D eigenvalue weighted by Crippen LogP contribution is -1.88. The summed E-state index contributed by atoms with van der Waals surface area (Å²) in [4.78, 5) is 0. The molecular weight excluding hydrogens is 98.1 g/mol. The van der Waals surface area contributed by atoms with E-state index in [-0.39, 0.29) is 0 Å². The molecule has 1 nitrogen and oxygen atoms in total. The highest BCUT2D eigenvalue weighted by Crippen LogP contribution is 2.01. The number of hydrogen-bond donors (Lipinski definition) is 1. The molecule has 2 radical (unpaired) electrons. The minimum absolute atomic E-state index is 1.06. The molecule has 0 aromatic heterocycles. The normalized spacial score (nSPS) is 9.75. The van der Waals surface area contributed by atoms with Gasteiger partial charge in [0.05, 0.1) is 0 Å². The fourth-order valence-corrected chi connectivity index (χ4v) is 0.616. The van der Waals surface area contributed by atoms with Crippen LogP contribution in [0.2, 0.25) is 0 Å². The molecule has 0 spiro atoms. The summed E-state index contributed by atoms with van der Waals surface area (Å²) in [6.45, 7) is 5.47. The second kappa shape index (κ2) is 6.96. The average molecular weight is 113 g/mol. The fraction of sp³-hybridized carbons (Fsp3) is 0.714. The maximum Gasteiger partial charge on any atom is 0.0192 e. The zero-order valence-corrected chi connectivity index (χ0v) is 5.40. The molecule has 0 atom stereocenters. The van der Waals surface area contributed by atoms with E-state index in [4.69, 9.17) is 5.73 Å². The van der Waals surface area contributed by atoms with Crippen molar-refractivity contribution in [3.63, 3.8) is 0 Å². The first-order valence-corrected chi connectivity index (χ1v) is 3.24. The van der Waals surface area contributed by atoms with Crippen molar-refractivity contribution in [2.75, 3.05) is 0 Å². The lowest BCUT2D eigenvalue weighted by molar-refractivity contribution is 0.678. The van der Waals surface area contributed by atoms with E-state index in [1.807, 2.05) is 0 Å². The summed E-state index contributed by atoms with van der Waals surface area (Å²) in [5.74, 6) is 0. The molecule has 48 valence electrons. The summed E-state index contributed by atoms with van der Waals surface area (Å²) < 4.78 is 0. The minimum atomic E-state index is 1.06. The van der Waals surface area contributed by atoms with Gasteiger partial charge in [0.15, 0.2) is 0 Å². The van der Waals surface area contributed by atoms with Gasteiger partial charge in [-0.05, 0) is 6.42 Å². The van der Waals surface area contributed by atoms with Crippen molar-refractivity contribution in [1.82, 2.24) is 0 Å². The lowest BCUT2D eigenvalue weighted by Gasteiger charge is -1.93. The van der Waals surface area contributed by atoms with Crippen LogP contribution < -0.4 is 5.73 Å². The Labute approximate surface area is 52.3 Å². The van der Waals surface area contributed by atoms with Gasteiger partial charge < -0.3 is 5.73 Å². The molecule has 8 heavy (non-hydrogen) atoms. The van der Waals surface area contributed by atoms with Crippen LogP contribution in [-0.4, -0.2) is 0 Å². The maximum atomic E-state index is 5.17. The predicted octanol–water partition coefficient (Wildman–Crippen LogP) is 1.89. The van der Waals surface area contributed by atoms with E-state index < -0.39 is 0 Å². The van der Waals surface area contributed by atoms with Crippen LogP contribution in [0.15, 0.2) is 0 Å². The van der Waals surface area contributed by atoms with Gasteiger partial charge in [0, 0.05) is 6.54 Å². The van der Waals surface area contributed by atoms with Crippen LogP contribution in [0, 0.1) is 13.5 Å². The predicted molar refractivity (Wildman–Crippen MR) is 36.9 cm³/mol. The van der Waals surface area contributed by atoms with Crippen molar-refractivity contribution in [2.45, 2.75) is 32.1 Å². The quantitative estimate of drug-likeness (QED) is 0.541. The SMILES string of the molecule is [CH2]CCCCC[CH]N. The lowest BCUT2D eigenvalue weighted by atomic mass is 10.2. The summed E-state index contributed by atoms with van der Waals surface area (Å²) in [7, 11) is 0. The summed E-state index contributed by atoms with van der Waals surface area (Å²) >= 11 is 0. The standard InChI is InChI=1S/C7H15N/c1-2-3-4-5-6-7-8/h7H,1-6,8H2. The molecule has 1 heteroatoms. The molecule has 0 saturated heterocycles. The first kappa shape index (κ1) is 7.96. The summed E-state index contributed by atoms with van der Waals surface area (Å²) in [5.41, 5.74) is 5.17. The van der Waals surface area contributed by atoms with E-state index in [0.29, 0.717) is 0 Å². The highest BCUT2D eigenvalue weighted by Gasteiger charge is 1.83. The van der Waals surface area contributed by atoms with Gasteiger partial charge in [-0.1, -0.05) is 32.6 Å². The van der Waals surface area contributed by atoms with Crippen LogP contribution in [0.5, 0.6) is 0 Å². The zero-order valence-electron chi connectivity index (χ0n) is 5.40.